The first-order valence-electron chi connectivity index (χ1n) is 13.5. The number of anilines is 1. The van der Waals surface area contributed by atoms with Crippen LogP contribution in [0.3, 0.4) is 0 Å². The zero-order chi connectivity index (χ0) is 30.5. The summed E-state index contributed by atoms with van der Waals surface area (Å²) in [5.41, 5.74) is 3.69. The van der Waals surface area contributed by atoms with Crippen molar-refractivity contribution < 1.29 is 44.3 Å². The molecule has 3 aliphatic rings. The number of benzene rings is 1. The number of aliphatic hydroxyl groups excluding tert-OH is 2. The molecule has 12 heteroatoms. The van der Waals surface area contributed by atoms with E-state index in [0.29, 0.717) is 30.4 Å². The predicted octanol–water partition coefficient (Wildman–Crippen LogP) is 0.972. The molecule has 0 spiro atoms. The van der Waals surface area contributed by atoms with Gasteiger partial charge in [0.15, 0.2) is 17.7 Å². The molecule has 0 aromatic heterocycles. The van der Waals surface area contributed by atoms with E-state index in [1.54, 1.807) is 14.1 Å². The summed E-state index contributed by atoms with van der Waals surface area (Å²) >= 11 is 0. The number of ether oxygens (including phenoxy) is 2. The van der Waals surface area contributed by atoms with Crippen molar-refractivity contribution in [3.05, 3.63) is 39.7 Å². The molecule has 0 unspecified atom stereocenters. The molecule has 4 rings (SSSR count). The van der Waals surface area contributed by atoms with Crippen LogP contribution in [-0.4, -0.2) is 103 Å². The van der Waals surface area contributed by atoms with Crippen molar-refractivity contribution >= 4 is 28.9 Å². The third kappa shape index (κ3) is 4.68. The van der Waals surface area contributed by atoms with Crippen LogP contribution in [0.1, 0.15) is 36.0 Å². The van der Waals surface area contributed by atoms with E-state index >= 15 is 0 Å². The summed E-state index contributed by atoms with van der Waals surface area (Å²) in [7, 11) is 9.88. The van der Waals surface area contributed by atoms with Crippen molar-refractivity contribution in [1.82, 2.24) is 4.90 Å². The van der Waals surface area contributed by atoms with E-state index in [1.165, 1.54) is 19.1 Å². The predicted molar refractivity (Wildman–Crippen MR) is 149 cm³/mol. The minimum atomic E-state index is -2.67. The highest BCUT2D eigenvalue weighted by Crippen LogP contribution is 2.54. The quantitative estimate of drug-likeness (QED) is 0.210. The molecule has 1 amide bonds. The number of hydrogen-bond acceptors (Lipinski definition) is 11. The summed E-state index contributed by atoms with van der Waals surface area (Å²) in [5, 5.41) is 45.7. The van der Waals surface area contributed by atoms with Gasteiger partial charge in [-0.15, -0.1) is 0 Å². The van der Waals surface area contributed by atoms with Gasteiger partial charge < -0.3 is 40.5 Å². The van der Waals surface area contributed by atoms with Gasteiger partial charge in [0, 0.05) is 45.5 Å². The molecular formula is C29H39N3O9. The van der Waals surface area contributed by atoms with Gasteiger partial charge in [0.25, 0.3) is 5.91 Å². The first-order valence-corrected chi connectivity index (χ1v) is 13.5. The van der Waals surface area contributed by atoms with Crippen LogP contribution in [0.4, 0.5) is 5.69 Å². The Morgan fingerprint density at radius 1 is 1.15 bits per heavy atom. The van der Waals surface area contributed by atoms with Crippen molar-refractivity contribution in [3.8, 4) is 5.75 Å². The van der Waals surface area contributed by atoms with Crippen LogP contribution in [0.15, 0.2) is 23.0 Å². The lowest BCUT2D eigenvalue weighted by Gasteiger charge is -2.50. The fraction of sp³-hybridized carbons (Fsp3) is 0.552. The number of carbonyl (C=O) groups is 3. The average molecular weight is 574 g/mol. The maximum absolute atomic E-state index is 14.1. The molecule has 1 aromatic rings. The largest absolute Gasteiger partial charge is 0.508 e. The van der Waals surface area contributed by atoms with Gasteiger partial charge in [0.2, 0.25) is 5.78 Å². The minimum absolute atomic E-state index is 0.0383. The van der Waals surface area contributed by atoms with Crippen LogP contribution < -0.4 is 10.6 Å². The second-order valence-electron chi connectivity index (χ2n) is 11.4. The summed E-state index contributed by atoms with van der Waals surface area (Å²) < 4.78 is 10.5. The number of aromatic hydroxyl groups is 1. The van der Waals surface area contributed by atoms with Crippen LogP contribution in [0, 0.1) is 11.8 Å². The van der Waals surface area contributed by atoms with Gasteiger partial charge in [-0.05, 0) is 69.3 Å². The van der Waals surface area contributed by atoms with E-state index in [0.717, 1.165) is 5.69 Å². The number of ketones is 2. The number of phenols is 1. The molecule has 1 saturated carbocycles. The summed E-state index contributed by atoms with van der Waals surface area (Å²) in [6.45, 7) is 0. The first-order chi connectivity index (χ1) is 19.2. The standard InChI is InChI=1S/C29H39N3O9/c1-31(2)17-12-13(8-7-9-18(40-5)41-6)23(33)20-15(17)10-14-11-16-22(32(3)4)25(35)21(28(30)38)27(37)29(16,39)26(36)19(14)24(20)34/h12,14,16,18,22,33-34,37,39H,7-11H2,1-6H3,(H2,30,38)/t14-,16-,22-,29-/m0/s1. The Morgan fingerprint density at radius 2 is 1.78 bits per heavy atom. The van der Waals surface area contributed by atoms with Crippen LogP contribution in [0.5, 0.6) is 5.75 Å². The topological polar surface area (TPSA) is 183 Å². The van der Waals surface area contributed by atoms with Crippen molar-refractivity contribution in [3.63, 3.8) is 0 Å². The molecule has 0 heterocycles. The number of aryl methyl sites for hydroxylation is 1. The molecule has 1 aromatic carbocycles. The number of carbonyl (C=O) groups excluding carboxylic acids is 3. The lowest BCUT2D eigenvalue weighted by molar-refractivity contribution is -0.153. The summed E-state index contributed by atoms with van der Waals surface area (Å²) in [5.74, 6) is -6.63. The van der Waals surface area contributed by atoms with Gasteiger partial charge in [-0.25, -0.2) is 0 Å². The number of nitrogens with zero attached hydrogens (tertiary/aromatic N) is 2. The van der Waals surface area contributed by atoms with Crippen molar-refractivity contribution in [2.24, 2.45) is 17.6 Å². The molecule has 41 heavy (non-hydrogen) atoms. The van der Waals surface area contributed by atoms with E-state index in [9.17, 15) is 34.8 Å². The van der Waals surface area contributed by atoms with Crippen molar-refractivity contribution in [2.45, 2.75) is 50.0 Å². The highest BCUT2D eigenvalue weighted by atomic mass is 16.7. The lowest BCUT2D eigenvalue weighted by atomic mass is 9.57. The van der Waals surface area contributed by atoms with Crippen molar-refractivity contribution in [1.29, 1.82) is 0 Å². The van der Waals surface area contributed by atoms with Gasteiger partial charge in [0.1, 0.15) is 22.8 Å². The average Bonchev–Trinajstić information content (AvgIpc) is 2.89. The highest BCUT2D eigenvalue weighted by molar-refractivity contribution is 6.24. The van der Waals surface area contributed by atoms with E-state index < -0.39 is 64.3 Å². The molecular weight excluding hydrogens is 534 g/mol. The molecule has 0 saturated heterocycles. The second-order valence-corrected chi connectivity index (χ2v) is 11.4. The molecule has 12 nitrogen and oxygen atoms in total. The normalized spacial score (nSPS) is 25.9. The summed E-state index contributed by atoms with van der Waals surface area (Å²) in [4.78, 5) is 42.8. The Labute approximate surface area is 238 Å². The summed E-state index contributed by atoms with van der Waals surface area (Å²) in [6, 6.07) is 0.724. The van der Waals surface area contributed by atoms with Crippen molar-refractivity contribution in [2.75, 3.05) is 47.3 Å². The van der Waals surface area contributed by atoms with Crippen LogP contribution >= 0.6 is 0 Å². The van der Waals surface area contributed by atoms with Gasteiger partial charge in [-0.1, -0.05) is 0 Å². The maximum atomic E-state index is 14.1. The number of Topliss-reactive ketones (excluding diaryl/α,β-unsaturated/α-hetero) is 2. The molecule has 0 aliphatic heterocycles. The van der Waals surface area contributed by atoms with E-state index in [1.807, 2.05) is 25.1 Å². The van der Waals surface area contributed by atoms with Gasteiger partial charge in [-0.2, -0.15) is 0 Å². The molecule has 3 aliphatic carbocycles. The number of methoxy groups -OCH3 is 2. The Bertz CT molecular complexity index is 1350. The Kier molecular flexibility index (Phi) is 8.25. The minimum Gasteiger partial charge on any atom is -0.508 e. The lowest BCUT2D eigenvalue weighted by Crippen LogP contribution is -2.65. The van der Waals surface area contributed by atoms with Crippen LogP contribution in [0.2, 0.25) is 0 Å². The van der Waals surface area contributed by atoms with Gasteiger partial charge in [0.05, 0.1) is 11.6 Å². The molecule has 0 radical (unpaired) electrons. The molecule has 1 fully saturated rings. The number of primary amides is 1. The first kappa shape index (κ1) is 30.5. The number of amides is 1. The number of phenolic OH excluding ortho intramolecular Hbond substituents is 1. The maximum Gasteiger partial charge on any atom is 0.255 e. The number of hydrogen-bond donors (Lipinski definition) is 5. The number of rotatable bonds is 9. The van der Waals surface area contributed by atoms with E-state index in [2.05, 4.69) is 0 Å². The Balaban J connectivity index is 1.88. The monoisotopic (exact) mass is 573 g/mol. The fourth-order valence-corrected chi connectivity index (χ4v) is 6.73. The smallest absolute Gasteiger partial charge is 0.255 e. The third-order valence-corrected chi connectivity index (χ3v) is 8.67. The Morgan fingerprint density at radius 3 is 2.32 bits per heavy atom. The molecule has 6 N–H and O–H groups in total. The van der Waals surface area contributed by atoms with Crippen LogP contribution in [-0.2, 0) is 36.7 Å². The number of fused-ring (bicyclic) bond motifs is 3. The molecule has 4 atom stereocenters. The summed E-state index contributed by atoms with van der Waals surface area (Å²) in [6.07, 6.45) is 1.44. The number of aliphatic hydroxyl groups is 3. The van der Waals surface area contributed by atoms with E-state index in [4.69, 9.17) is 15.2 Å². The molecule has 224 valence electrons. The SMILES string of the molecule is COC(CCCc1cc(N(C)C)c2c(c1O)C(O)=C1C(=O)[C@]3(O)C(O)=C(C(N)=O)C(=O)[C@@H](N(C)C)[C@@H]3C[C@@H]1C2)OC. The second kappa shape index (κ2) is 11.1. The molecule has 0 bridgehead atoms. The third-order valence-electron chi connectivity index (χ3n) is 8.67. The number of nitrogens with two attached hydrogens (primary N) is 1. The zero-order valence-corrected chi connectivity index (χ0v) is 24.2. The highest BCUT2D eigenvalue weighted by Gasteiger charge is 2.64. The van der Waals surface area contributed by atoms with Crippen LogP contribution in [0.25, 0.3) is 5.76 Å². The van der Waals surface area contributed by atoms with Gasteiger partial charge in [-0.3, -0.25) is 19.3 Å². The Hall–Kier alpha value is -3.45. The van der Waals surface area contributed by atoms with E-state index in [-0.39, 0.29) is 29.7 Å². The zero-order valence-electron chi connectivity index (χ0n) is 24.2. The van der Waals surface area contributed by atoms with Gasteiger partial charge >= 0.3 is 0 Å². The number of likely N-dealkylation sites (N-methyl/N-ethyl adjacent to an activating group) is 1. The fourth-order valence-electron chi connectivity index (χ4n) is 6.73.